The number of carbonyl (C=O) groups is 6. The quantitative estimate of drug-likeness (QED) is 0.242. The molecule has 1 unspecified atom stereocenters. The summed E-state index contributed by atoms with van der Waals surface area (Å²) >= 11 is 0. The molecule has 2 saturated carbocycles. The van der Waals surface area contributed by atoms with E-state index in [1.54, 1.807) is 4.90 Å². The van der Waals surface area contributed by atoms with Gasteiger partial charge in [-0.2, -0.15) is 0 Å². The molecule has 2 saturated heterocycles. The largest absolute Gasteiger partial charge is 0.368 e. The number of anilines is 1. The van der Waals surface area contributed by atoms with E-state index in [9.17, 15) is 28.8 Å². The molecule has 1 aromatic carbocycles. The maximum Gasteiger partial charge on any atom is 0.316 e. The third kappa shape index (κ3) is 7.91. The van der Waals surface area contributed by atoms with Crippen LogP contribution in [-0.4, -0.2) is 102 Å². The molecular formula is C37H55N7O6. The number of nitrogens with one attached hydrogen (secondary N) is 3. The molecule has 13 heteroatoms. The Balaban J connectivity index is 1.26. The van der Waals surface area contributed by atoms with Gasteiger partial charge in [0.2, 0.25) is 23.5 Å². The first kappa shape index (κ1) is 37.1. The standard InChI is InChI=1S/C37H55N7O6/c1-21(2)27(33(48)43-17-15-42(16-18-43)23-11-9-8-10-12-23)40-35(50)41-30(36(3,4)5)34(49)44-20-24-26(37(24,6)7)28(44)32(47)39-25(19-22-13-14-22)29(45)31(38)46/h8-12,21-22,24-28,30H,13-20H2,1-7H3,(H2,38,46)(H,39,47)(H2,40,41,50)/t24-,25?,26-,27-,28-,30+/m0/s1. The van der Waals surface area contributed by atoms with E-state index in [1.807, 2.05) is 65.0 Å². The summed E-state index contributed by atoms with van der Waals surface area (Å²) in [7, 11) is 0. The van der Waals surface area contributed by atoms with E-state index in [0.29, 0.717) is 39.1 Å². The highest BCUT2D eigenvalue weighted by molar-refractivity contribution is 6.37. The minimum absolute atomic E-state index is 0.0654. The molecule has 2 heterocycles. The van der Waals surface area contributed by atoms with Gasteiger partial charge in [0.25, 0.3) is 5.91 Å². The topological polar surface area (TPSA) is 174 Å². The predicted octanol–water partition coefficient (Wildman–Crippen LogP) is 1.90. The van der Waals surface area contributed by atoms with Crippen LogP contribution >= 0.6 is 0 Å². The molecular weight excluding hydrogens is 638 g/mol. The minimum atomic E-state index is -1.10. The van der Waals surface area contributed by atoms with Crippen molar-refractivity contribution in [3.05, 3.63) is 30.3 Å². The summed E-state index contributed by atoms with van der Waals surface area (Å²) in [4.78, 5) is 85.6. The van der Waals surface area contributed by atoms with Crippen molar-refractivity contribution in [3.8, 4) is 0 Å². The number of likely N-dealkylation sites (tertiary alicyclic amines) is 1. The molecule has 2 aliphatic carbocycles. The van der Waals surface area contributed by atoms with E-state index >= 15 is 0 Å². The van der Waals surface area contributed by atoms with E-state index in [0.717, 1.165) is 18.5 Å². The van der Waals surface area contributed by atoms with E-state index in [4.69, 9.17) is 5.73 Å². The number of hydrogen-bond donors (Lipinski definition) is 4. The van der Waals surface area contributed by atoms with Crippen LogP contribution in [-0.2, 0) is 24.0 Å². The second-order valence-corrected chi connectivity index (χ2v) is 16.6. The van der Waals surface area contributed by atoms with E-state index in [2.05, 4.69) is 34.7 Å². The first-order valence-electron chi connectivity index (χ1n) is 18.0. The summed E-state index contributed by atoms with van der Waals surface area (Å²) in [5, 5.41) is 8.49. The van der Waals surface area contributed by atoms with Gasteiger partial charge in [0.15, 0.2) is 0 Å². The number of ketones is 1. The number of rotatable bonds is 12. The lowest BCUT2D eigenvalue weighted by Crippen LogP contribution is -2.63. The van der Waals surface area contributed by atoms with Crippen molar-refractivity contribution in [2.45, 2.75) is 91.9 Å². The lowest BCUT2D eigenvalue weighted by molar-refractivity contribution is -0.145. The van der Waals surface area contributed by atoms with E-state index in [-0.39, 0.29) is 35.0 Å². The summed E-state index contributed by atoms with van der Waals surface area (Å²) in [6, 6.07) is 5.65. The van der Waals surface area contributed by atoms with Crippen LogP contribution < -0.4 is 26.6 Å². The first-order chi connectivity index (χ1) is 23.4. The molecule has 0 spiro atoms. The molecule has 13 nitrogen and oxygen atoms in total. The van der Waals surface area contributed by atoms with Gasteiger partial charge in [-0.25, -0.2) is 4.79 Å². The van der Waals surface area contributed by atoms with Gasteiger partial charge < -0.3 is 36.4 Å². The number of amides is 6. The fourth-order valence-electron chi connectivity index (χ4n) is 7.82. The maximum absolute atomic E-state index is 14.4. The van der Waals surface area contributed by atoms with Gasteiger partial charge in [0, 0.05) is 38.4 Å². The molecule has 4 aliphatic rings. The highest BCUT2D eigenvalue weighted by Gasteiger charge is 2.70. The molecule has 4 fully saturated rings. The molecule has 1 aromatic rings. The zero-order valence-corrected chi connectivity index (χ0v) is 30.5. The lowest BCUT2D eigenvalue weighted by atomic mass is 9.85. The fourth-order valence-corrected chi connectivity index (χ4v) is 7.82. The smallest absolute Gasteiger partial charge is 0.316 e. The number of benzene rings is 1. The van der Waals surface area contributed by atoms with Crippen LogP contribution in [0, 0.1) is 34.5 Å². The van der Waals surface area contributed by atoms with Crippen molar-refractivity contribution < 1.29 is 28.8 Å². The predicted molar refractivity (Wildman–Crippen MR) is 189 cm³/mol. The number of nitrogens with two attached hydrogens (primary N) is 1. The van der Waals surface area contributed by atoms with Crippen LogP contribution in [0.15, 0.2) is 30.3 Å². The Morgan fingerprint density at radius 3 is 2.06 bits per heavy atom. The number of urea groups is 1. The molecule has 274 valence electrons. The lowest BCUT2D eigenvalue weighted by Gasteiger charge is -2.39. The second kappa shape index (κ2) is 14.2. The number of Topliss-reactive ketones (excluding diaryl/α,β-unsaturated/α-hetero) is 1. The normalized spacial score (nSPS) is 24.5. The number of nitrogens with zero attached hydrogens (tertiary/aromatic N) is 3. The zero-order chi connectivity index (χ0) is 36.7. The zero-order valence-electron chi connectivity index (χ0n) is 30.5. The third-order valence-corrected chi connectivity index (χ3v) is 11.2. The summed E-state index contributed by atoms with van der Waals surface area (Å²) in [6.07, 6.45) is 2.16. The van der Waals surface area contributed by atoms with Crippen LogP contribution in [0.25, 0.3) is 0 Å². The average Bonchev–Trinajstić information content (AvgIpc) is 3.92. The van der Waals surface area contributed by atoms with Crippen LogP contribution in [0.3, 0.4) is 0 Å². The molecule has 50 heavy (non-hydrogen) atoms. The summed E-state index contributed by atoms with van der Waals surface area (Å²) in [5.41, 5.74) is 5.47. The Bertz CT molecular complexity index is 1480. The van der Waals surface area contributed by atoms with E-state index in [1.165, 1.54) is 4.90 Å². The van der Waals surface area contributed by atoms with Gasteiger partial charge in [0.05, 0.1) is 6.04 Å². The van der Waals surface area contributed by atoms with Crippen LogP contribution in [0.2, 0.25) is 0 Å². The van der Waals surface area contributed by atoms with Crippen molar-refractivity contribution in [3.63, 3.8) is 0 Å². The van der Waals surface area contributed by atoms with Crippen molar-refractivity contribution in [1.29, 1.82) is 0 Å². The Labute approximate surface area is 295 Å². The van der Waals surface area contributed by atoms with Crippen molar-refractivity contribution in [2.75, 3.05) is 37.6 Å². The molecule has 5 N–H and O–H groups in total. The third-order valence-electron chi connectivity index (χ3n) is 11.2. The number of piperidine rings is 1. The number of primary amides is 1. The van der Waals surface area contributed by atoms with Crippen LogP contribution in [0.5, 0.6) is 0 Å². The summed E-state index contributed by atoms with van der Waals surface area (Å²) < 4.78 is 0. The maximum atomic E-state index is 14.4. The SMILES string of the molecule is CC(C)[C@H](NC(=O)N[C@H](C(=O)N1C[C@H]2[C@@H]([C@H]1C(=O)NC(CC1CC1)C(=O)C(N)=O)C2(C)C)C(C)(C)C)C(=O)N1CCN(c2ccccc2)CC1. The number of para-hydroxylation sites is 1. The summed E-state index contributed by atoms with van der Waals surface area (Å²) in [5.74, 6) is -3.08. The highest BCUT2D eigenvalue weighted by atomic mass is 16.2. The van der Waals surface area contributed by atoms with Gasteiger partial charge in [-0.1, -0.05) is 79.5 Å². The Hall–Kier alpha value is -4.16. The van der Waals surface area contributed by atoms with Gasteiger partial charge in [0.1, 0.15) is 18.1 Å². The Morgan fingerprint density at radius 2 is 1.52 bits per heavy atom. The van der Waals surface area contributed by atoms with Gasteiger partial charge in [-0.15, -0.1) is 0 Å². The van der Waals surface area contributed by atoms with Gasteiger partial charge in [-0.3, -0.25) is 24.0 Å². The molecule has 5 rings (SSSR count). The van der Waals surface area contributed by atoms with Crippen LogP contribution in [0.1, 0.15) is 67.7 Å². The van der Waals surface area contributed by atoms with Crippen molar-refractivity contribution in [1.82, 2.24) is 25.8 Å². The average molecular weight is 694 g/mol. The fraction of sp³-hybridized carbons (Fsp3) is 0.676. The molecule has 6 amide bonds. The molecule has 0 bridgehead atoms. The number of carbonyl (C=O) groups excluding carboxylic acids is 6. The number of fused-ring (bicyclic) bond motifs is 1. The molecule has 0 aromatic heterocycles. The second-order valence-electron chi connectivity index (χ2n) is 16.6. The minimum Gasteiger partial charge on any atom is -0.368 e. The monoisotopic (exact) mass is 693 g/mol. The highest BCUT2D eigenvalue weighted by Crippen LogP contribution is 2.65. The number of hydrogen-bond acceptors (Lipinski definition) is 7. The molecule has 6 atom stereocenters. The van der Waals surface area contributed by atoms with Crippen molar-refractivity contribution >= 4 is 41.1 Å². The number of piperazine rings is 1. The summed E-state index contributed by atoms with van der Waals surface area (Å²) in [6.45, 7) is 16.1. The van der Waals surface area contributed by atoms with Crippen LogP contribution in [0.4, 0.5) is 10.5 Å². The Morgan fingerprint density at radius 1 is 0.900 bits per heavy atom. The van der Waals surface area contributed by atoms with Gasteiger partial charge in [-0.05, 0) is 53.1 Å². The van der Waals surface area contributed by atoms with Crippen molar-refractivity contribution in [2.24, 2.45) is 40.2 Å². The molecule has 2 aliphatic heterocycles. The van der Waals surface area contributed by atoms with E-state index < -0.39 is 59.1 Å². The Kier molecular flexibility index (Phi) is 10.6. The molecule has 0 radical (unpaired) electrons. The first-order valence-corrected chi connectivity index (χ1v) is 18.0. The van der Waals surface area contributed by atoms with Gasteiger partial charge >= 0.3 is 6.03 Å².